The van der Waals surface area contributed by atoms with Crippen LogP contribution >= 0.6 is 0 Å². The Morgan fingerprint density at radius 1 is 0.872 bits per heavy atom. The highest BCUT2D eigenvalue weighted by molar-refractivity contribution is 6.05. The molecule has 1 atom stereocenters. The standard InChI is InChI=1S/C32H31N3O4/c1-21-9-6-10-22(19-21)31-26-13-8-18-33(26)24-11-4-5-12-25(24)35(31)29(36)20-34(23-16-17-23)32(37)30-27(38-2)14-7-15-28(30)39-3/h4-15,18-19,23,31H,16-17,20H2,1-3H3. The van der Waals surface area contributed by atoms with Gasteiger partial charge in [-0.2, -0.15) is 0 Å². The minimum Gasteiger partial charge on any atom is -0.496 e. The summed E-state index contributed by atoms with van der Waals surface area (Å²) in [4.78, 5) is 32.0. The molecule has 1 aliphatic carbocycles. The van der Waals surface area contributed by atoms with Crippen molar-refractivity contribution in [1.82, 2.24) is 9.47 Å². The molecule has 3 aromatic carbocycles. The van der Waals surface area contributed by atoms with E-state index in [9.17, 15) is 9.59 Å². The van der Waals surface area contributed by atoms with E-state index in [0.29, 0.717) is 17.1 Å². The van der Waals surface area contributed by atoms with Crippen LogP contribution < -0.4 is 14.4 Å². The molecule has 198 valence electrons. The first kappa shape index (κ1) is 24.8. The molecule has 1 fully saturated rings. The lowest BCUT2D eigenvalue weighted by Crippen LogP contribution is -2.47. The fourth-order valence-corrected chi connectivity index (χ4v) is 5.60. The van der Waals surface area contributed by atoms with Crippen molar-refractivity contribution in [2.45, 2.75) is 31.8 Å². The second kappa shape index (κ2) is 9.98. The number of hydrogen-bond donors (Lipinski definition) is 0. The van der Waals surface area contributed by atoms with E-state index < -0.39 is 0 Å². The number of ether oxygens (including phenoxy) is 2. The Balaban J connectivity index is 1.42. The Morgan fingerprint density at radius 2 is 1.56 bits per heavy atom. The van der Waals surface area contributed by atoms with Gasteiger partial charge < -0.3 is 18.9 Å². The smallest absolute Gasteiger partial charge is 0.262 e. The molecule has 0 radical (unpaired) electrons. The van der Waals surface area contributed by atoms with Crippen molar-refractivity contribution in [3.05, 3.63) is 107 Å². The Bertz CT molecular complexity index is 1530. The van der Waals surface area contributed by atoms with Crippen molar-refractivity contribution in [2.24, 2.45) is 0 Å². The van der Waals surface area contributed by atoms with Crippen LogP contribution in [0.3, 0.4) is 0 Å². The molecule has 1 aromatic heterocycles. The van der Waals surface area contributed by atoms with Crippen LogP contribution in [0.1, 0.15) is 46.1 Å². The van der Waals surface area contributed by atoms with Gasteiger partial charge in [0.05, 0.1) is 31.3 Å². The average Bonchev–Trinajstić information content (AvgIpc) is 3.69. The van der Waals surface area contributed by atoms with E-state index in [1.165, 1.54) is 14.2 Å². The molecular weight excluding hydrogens is 490 g/mol. The number of nitrogens with zero attached hydrogens (tertiary/aromatic N) is 3. The molecule has 1 aliphatic heterocycles. The maximum atomic E-state index is 14.4. The lowest BCUT2D eigenvalue weighted by molar-refractivity contribution is -0.119. The topological polar surface area (TPSA) is 64.0 Å². The van der Waals surface area contributed by atoms with Crippen LogP contribution in [0.15, 0.2) is 85.1 Å². The van der Waals surface area contributed by atoms with Crippen molar-refractivity contribution in [3.8, 4) is 17.2 Å². The molecule has 7 heteroatoms. The van der Waals surface area contributed by atoms with Gasteiger partial charge in [-0.1, -0.05) is 48.0 Å². The highest BCUT2D eigenvalue weighted by Crippen LogP contribution is 2.43. The van der Waals surface area contributed by atoms with E-state index in [4.69, 9.17) is 9.47 Å². The summed E-state index contributed by atoms with van der Waals surface area (Å²) in [6, 6.07) is 25.2. The summed E-state index contributed by atoms with van der Waals surface area (Å²) in [7, 11) is 3.06. The van der Waals surface area contributed by atoms with Crippen molar-refractivity contribution >= 4 is 17.5 Å². The molecule has 4 aromatic rings. The van der Waals surface area contributed by atoms with Gasteiger partial charge in [-0.05, 0) is 61.7 Å². The number of amides is 2. The first-order chi connectivity index (χ1) is 19.0. The van der Waals surface area contributed by atoms with E-state index in [1.807, 2.05) is 47.5 Å². The van der Waals surface area contributed by atoms with Gasteiger partial charge in [-0.15, -0.1) is 0 Å². The summed E-state index contributed by atoms with van der Waals surface area (Å²) in [6.07, 6.45) is 3.75. The number of benzene rings is 3. The maximum absolute atomic E-state index is 14.4. The summed E-state index contributed by atoms with van der Waals surface area (Å²) in [6.45, 7) is 2.00. The third-order valence-electron chi connectivity index (χ3n) is 7.54. The van der Waals surface area contributed by atoms with Crippen molar-refractivity contribution in [1.29, 1.82) is 0 Å². The zero-order valence-corrected chi connectivity index (χ0v) is 22.3. The maximum Gasteiger partial charge on any atom is 0.262 e. The molecule has 39 heavy (non-hydrogen) atoms. The summed E-state index contributed by atoms with van der Waals surface area (Å²) in [5.41, 5.74) is 5.23. The normalized spacial score (nSPS) is 15.8. The number of fused-ring (bicyclic) bond motifs is 3. The fraction of sp³-hybridized carbons (Fsp3) is 0.250. The third-order valence-corrected chi connectivity index (χ3v) is 7.54. The molecule has 7 nitrogen and oxygen atoms in total. The van der Waals surface area contributed by atoms with Crippen molar-refractivity contribution < 1.29 is 19.1 Å². The molecule has 2 amide bonds. The number of hydrogen-bond acceptors (Lipinski definition) is 4. The number of carbonyl (C=O) groups excluding carboxylic acids is 2. The second-order valence-electron chi connectivity index (χ2n) is 10.1. The van der Waals surface area contributed by atoms with Gasteiger partial charge in [0.1, 0.15) is 29.6 Å². The minimum absolute atomic E-state index is 0.00242. The summed E-state index contributed by atoms with van der Waals surface area (Å²) < 4.78 is 13.2. The Hall–Kier alpha value is -4.52. The minimum atomic E-state index is -0.334. The zero-order chi connectivity index (χ0) is 27.1. The molecule has 0 bridgehead atoms. The lowest BCUT2D eigenvalue weighted by Gasteiger charge is -2.39. The largest absolute Gasteiger partial charge is 0.496 e. The summed E-state index contributed by atoms with van der Waals surface area (Å²) in [5.74, 6) is 0.448. The van der Waals surface area contributed by atoms with Crippen LogP contribution in [-0.2, 0) is 4.79 Å². The lowest BCUT2D eigenvalue weighted by atomic mass is 9.96. The SMILES string of the molecule is COc1cccc(OC)c1C(=O)N(CC(=O)N1c2ccccc2-n2cccc2C1c1cccc(C)c1)C1CC1. The van der Waals surface area contributed by atoms with Crippen LogP contribution in [0.2, 0.25) is 0 Å². The Kier molecular flexibility index (Phi) is 6.35. The molecule has 6 rings (SSSR count). The van der Waals surface area contributed by atoms with E-state index in [0.717, 1.165) is 41.0 Å². The number of anilines is 1. The van der Waals surface area contributed by atoms with Crippen LogP contribution in [-0.4, -0.2) is 48.1 Å². The molecule has 0 spiro atoms. The average molecular weight is 522 g/mol. The van der Waals surface area contributed by atoms with Gasteiger partial charge in [0, 0.05) is 12.2 Å². The fourth-order valence-electron chi connectivity index (χ4n) is 5.60. The molecular formula is C32H31N3O4. The number of methoxy groups -OCH3 is 2. The molecule has 1 unspecified atom stereocenters. The first-order valence-electron chi connectivity index (χ1n) is 13.2. The predicted octanol–water partition coefficient (Wildman–Crippen LogP) is 5.54. The monoisotopic (exact) mass is 521 g/mol. The summed E-state index contributed by atoms with van der Waals surface area (Å²) >= 11 is 0. The number of aromatic nitrogens is 1. The first-order valence-corrected chi connectivity index (χ1v) is 13.2. The Labute approximate surface area is 228 Å². The number of rotatable bonds is 7. The predicted molar refractivity (Wildman–Crippen MR) is 150 cm³/mol. The third kappa shape index (κ3) is 4.34. The highest BCUT2D eigenvalue weighted by atomic mass is 16.5. The molecule has 0 N–H and O–H groups in total. The zero-order valence-electron chi connectivity index (χ0n) is 22.3. The molecule has 2 aliphatic rings. The Morgan fingerprint density at radius 3 is 2.23 bits per heavy atom. The number of para-hydroxylation sites is 2. The van der Waals surface area contributed by atoms with Crippen LogP contribution in [0, 0.1) is 6.92 Å². The van der Waals surface area contributed by atoms with Crippen LogP contribution in [0.25, 0.3) is 5.69 Å². The number of carbonyl (C=O) groups is 2. The van der Waals surface area contributed by atoms with Gasteiger partial charge >= 0.3 is 0 Å². The highest BCUT2D eigenvalue weighted by Gasteiger charge is 2.41. The van der Waals surface area contributed by atoms with Crippen molar-refractivity contribution in [2.75, 3.05) is 25.7 Å². The van der Waals surface area contributed by atoms with E-state index in [1.54, 1.807) is 23.1 Å². The molecule has 2 heterocycles. The van der Waals surface area contributed by atoms with Gasteiger partial charge in [-0.25, -0.2) is 0 Å². The van der Waals surface area contributed by atoms with Gasteiger partial charge in [0.15, 0.2) is 0 Å². The summed E-state index contributed by atoms with van der Waals surface area (Å²) in [5, 5.41) is 0. The van der Waals surface area contributed by atoms with E-state index in [-0.39, 0.29) is 30.4 Å². The number of aryl methyl sites for hydroxylation is 1. The molecule has 1 saturated carbocycles. The van der Waals surface area contributed by atoms with E-state index >= 15 is 0 Å². The van der Waals surface area contributed by atoms with Crippen LogP contribution in [0.4, 0.5) is 5.69 Å². The van der Waals surface area contributed by atoms with Gasteiger partial charge in [0.25, 0.3) is 5.91 Å². The quantitative estimate of drug-likeness (QED) is 0.320. The van der Waals surface area contributed by atoms with Crippen LogP contribution in [0.5, 0.6) is 11.5 Å². The second-order valence-corrected chi connectivity index (χ2v) is 10.1. The molecule has 0 saturated heterocycles. The van der Waals surface area contributed by atoms with Gasteiger partial charge in [0.2, 0.25) is 5.91 Å². The van der Waals surface area contributed by atoms with Crippen molar-refractivity contribution in [3.63, 3.8) is 0 Å². The van der Waals surface area contributed by atoms with E-state index in [2.05, 4.69) is 35.8 Å². The van der Waals surface area contributed by atoms with Gasteiger partial charge in [-0.3, -0.25) is 14.5 Å².